The third kappa shape index (κ3) is 1.27. The minimum atomic E-state index is 1.06. The number of hydrogen-bond acceptors (Lipinski definition) is 2. The summed E-state index contributed by atoms with van der Waals surface area (Å²) >= 11 is 1.73. The van der Waals surface area contributed by atoms with Crippen molar-refractivity contribution in [1.29, 1.82) is 0 Å². The number of nitrogens with zero attached hydrogens (tertiary/aromatic N) is 2. The number of hydrogen-bond donors (Lipinski definition) is 0. The molecule has 2 heterocycles. The summed E-state index contributed by atoms with van der Waals surface area (Å²) in [6.45, 7) is 2.14. The Balaban J connectivity index is 2.34. The third-order valence-electron chi connectivity index (χ3n) is 2.47. The molecule has 0 amide bonds. The molecule has 0 saturated carbocycles. The molecule has 0 saturated heterocycles. The normalized spacial score (nSPS) is 11.0. The van der Waals surface area contributed by atoms with Crippen LogP contribution in [0.2, 0.25) is 0 Å². The molecular weight excluding hydrogens is 204 g/mol. The summed E-state index contributed by atoms with van der Waals surface area (Å²) < 4.78 is 2.15. The average Bonchev–Trinajstić information content (AvgIpc) is 2.78. The lowest BCUT2D eigenvalue weighted by Gasteiger charge is -2.00. The van der Waals surface area contributed by atoms with Crippen molar-refractivity contribution in [3.63, 3.8) is 0 Å². The molecule has 74 valence electrons. The van der Waals surface area contributed by atoms with E-state index in [1.807, 2.05) is 18.5 Å². The van der Waals surface area contributed by atoms with Gasteiger partial charge in [0.2, 0.25) is 0 Å². The molecule has 3 heteroatoms. The maximum absolute atomic E-state index is 4.31. The van der Waals surface area contributed by atoms with Crippen LogP contribution in [0, 0.1) is 6.92 Å². The number of fused-ring (bicyclic) bond motifs is 1. The zero-order valence-electron chi connectivity index (χ0n) is 8.34. The maximum Gasteiger partial charge on any atom is 0.194 e. The van der Waals surface area contributed by atoms with Gasteiger partial charge in [-0.1, -0.05) is 30.3 Å². The zero-order valence-corrected chi connectivity index (χ0v) is 9.16. The van der Waals surface area contributed by atoms with E-state index in [2.05, 4.69) is 40.6 Å². The Morgan fingerprint density at radius 2 is 2.00 bits per heavy atom. The fourth-order valence-corrected chi connectivity index (χ4v) is 2.78. The van der Waals surface area contributed by atoms with Gasteiger partial charge in [-0.25, -0.2) is 4.98 Å². The highest BCUT2D eigenvalue weighted by Gasteiger charge is 2.10. The van der Waals surface area contributed by atoms with Crippen molar-refractivity contribution >= 4 is 16.3 Å². The first-order valence-corrected chi connectivity index (χ1v) is 5.66. The predicted octanol–water partition coefficient (Wildman–Crippen LogP) is 3.37. The summed E-state index contributed by atoms with van der Waals surface area (Å²) in [5.41, 5.74) is 2.51. The van der Waals surface area contributed by atoms with E-state index in [9.17, 15) is 0 Å². The number of thiazole rings is 1. The van der Waals surface area contributed by atoms with Gasteiger partial charge in [-0.15, -0.1) is 11.3 Å². The van der Waals surface area contributed by atoms with Gasteiger partial charge >= 0.3 is 0 Å². The van der Waals surface area contributed by atoms with Gasteiger partial charge in [0, 0.05) is 17.3 Å². The molecule has 3 aromatic rings. The molecule has 1 aromatic carbocycles. The van der Waals surface area contributed by atoms with E-state index in [1.54, 1.807) is 11.3 Å². The van der Waals surface area contributed by atoms with Gasteiger partial charge < -0.3 is 0 Å². The quantitative estimate of drug-likeness (QED) is 0.607. The van der Waals surface area contributed by atoms with Crippen molar-refractivity contribution < 1.29 is 0 Å². The Kier molecular flexibility index (Phi) is 1.86. The fourth-order valence-electron chi connectivity index (χ4n) is 1.83. The Morgan fingerprint density at radius 3 is 2.80 bits per heavy atom. The highest BCUT2D eigenvalue weighted by atomic mass is 32.1. The van der Waals surface area contributed by atoms with Crippen LogP contribution in [0.3, 0.4) is 0 Å². The summed E-state index contributed by atoms with van der Waals surface area (Å²) in [7, 11) is 0. The van der Waals surface area contributed by atoms with Gasteiger partial charge in [0.1, 0.15) is 0 Å². The molecule has 0 N–H and O–H groups in total. The van der Waals surface area contributed by atoms with Gasteiger partial charge in [-0.05, 0) is 12.5 Å². The van der Waals surface area contributed by atoms with Crippen molar-refractivity contribution in [1.82, 2.24) is 9.38 Å². The molecule has 0 unspecified atom stereocenters. The average molecular weight is 214 g/mol. The summed E-state index contributed by atoms with van der Waals surface area (Å²) in [6.07, 6.45) is 3.86. The monoisotopic (exact) mass is 214 g/mol. The largest absolute Gasteiger partial charge is 0.290 e. The Bertz CT molecular complexity index is 592. The minimum absolute atomic E-state index is 1.06. The second kappa shape index (κ2) is 3.21. The van der Waals surface area contributed by atoms with Crippen molar-refractivity contribution in [2.24, 2.45) is 0 Å². The van der Waals surface area contributed by atoms with Crippen LogP contribution in [-0.4, -0.2) is 9.38 Å². The Labute approximate surface area is 91.8 Å². The van der Waals surface area contributed by atoms with Crippen molar-refractivity contribution in [2.45, 2.75) is 6.92 Å². The van der Waals surface area contributed by atoms with E-state index < -0.39 is 0 Å². The van der Waals surface area contributed by atoms with Gasteiger partial charge in [0.05, 0.1) is 5.69 Å². The van der Waals surface area contributed by atoms with E-state index in [0.29, 0.717) is 0 Å². The second-order valence-electron chi connectivity index (χ2n) is 3.45. The summed E-state index contributed by atoms with van der Waals surface area (Å²) in [6, 6.07) is 10.4. The third-order valence-corrected chi connectivity index (χ3v) is 3.46. The SMILES string of the molecule is Cc1sc2nccn2c1-c1ccccc1. The number of aromatic nitrogens is 2. The molecule has 0 fully saturated rings. The van der Waals surface area contributed by atoms with E-state index in [-0.39, 0.29) is 0 Å². The zero-order chi connectivity index (χ0) is 10.3. The minimum Gasteiger partial charge on any atom is -0.290 e. The molecule has 0 aliphatic carbocycles. The van der Waals surface area contributed by atoms with Crippen LogP contribution in [0.5, 0.6) is 0 Å². The van der Waals surface area contributed by atoms with Crippen molar-refractivity contribution in [2.75, 3.05) is 0 Å². The molecule has 0 bridgehead atoms. The molecular formula is C12H10N2S. The molecule has 3 rings (SSSR count). The maximum atomic E-state index is 4.31. The van der Waals surface area contributed by atoms with E-state index in [4.69, 9.17) is 0 Å². The first kappa shape index (κ1) is 8.68. The van der Waals surface area contributed by atoms with E-state index in [0.717, 1.165) is 4.96 Å². The lowest BCUT2D eigenvalue weighted by molar-refractivity contribution is 1.22. The number of aryl methyl sites for hydroxylation is 1. The second-order valence-corrected chi connectivity index (χ2v) is 4.63. The summed E-state index contributed by atoms with van der Waals surface area (Å²) in [5.74, 6) is 0. The van der Waals surface area contributed by atoms with Gasteiger partial charge in [0.25, 0.3) is 0 Å². The van der Waals surface area contributed by atoms with Crippen LogP contribution in [-0.2, 0) is 0 Å². The van der Waals surface area contributed by atoms with E-state index in [1.165, 1.54) is 16.1 Å². The van der Waals surface area contributed by atoms with Crippen LogP contribution in [0.4, 0.5) is 0 Å². The first-order chi connectivity index (χ1) is 7.36. The van der Waals surface area contributed by atoms with Crippen LogP contribution in [0.15, 0.2) is 42.7 Å². The van der Waals surface area contributed by atoms with E-state index >= 15 is 0 Å². The standard InChI is InChI=1S/C12H10N2S/c1-9-11(10-5-3-2-4-6-10)14-8-7-13-12(14)15-9/h2-8H,1H3. The number of rotatable bonds is 1. The Hall–Kier alpha value is -1.61. The molecule has 15 heavy (non-hydrogen) atoms. The van der Waals surface area contributed by atoms with Crippen LogP contribution < -0.4 is 0 Å². The number of imidazole rings is 1. The molecule has 2 aromatic heterocycles. The van der Waals surface area contributed by atoms with Gasteiger partial charge in [-0.2, -0.15) is 0 Å². The van der Waals surface area contributed by atoms with Gasteiger partial charge in [0.15, 0.2) is 4.96 Å². The molecule has 0 spiro atoms. The van der Waals surface area contributed by atoms with Crippen molar-refractivity contribution in [3.8, 4) is 11.3 Å². The van der Waals surface area contributed by atoms with Crippen molar-refractivity contribution in [3.05, 3.63) is 47.6 Å². The van der Waals surface area contributed by atoms with Crippen LogP contribution in [0.1, 0.15) is 4.88 Å². The van der Waals surface area contributed by atoms with Gasteiger partial charge in [-0.3, -0.25) is 4.40 Å². The first-order valence-electron chi connectivity index (χ1n) is 4.84. The number of benzene rings is 1. The molecule has 0 radical (unpaired) electrons. The summed E-state index contributed by atoms with van der Waals surface area (Å²) in [4.78, 5) is 6.68. The topological polar surface area (TPSA) is 17.3 Å². The summed E-state index contributed by atoms with van der Waals surface area (Å²) in [5, 5.41) is 0. The van der Waals surface area contributed by atoms with Crippen LogP contribution in [0.25, 0.3) is 16.2 Å². The molecule has 2 nitrogen and oxygen atoms in total. The highest BCUT2D eigenvalue weighted by Crippen LogP contribution is 2.30. The highest BCUT2D eigenvalue weighted by molar-refractivity contribution is 7.17. The predicted molar refractivity (Wildman–Crippen MR) is 63.2 cm³/mol. The molecule has 0 aliphatic heterocycles. The Morgan fingerprint density at radius 1 is 1.20 bits per heavy atom. The molecule has 0 aliphatic rings. The lowest BCUT2D eigenvalue weighted by Crippen LogP contribution is -1.85. The molecule has 0 atom stereocenters. The smallest absolute Gasteiger partial charge is 0.194 e. The lowest BCUT2D eigenvalue weighted by atomic mass is 10.1. The van der Waals surface area contributed by atoms with Crippen LogP contribution >= 0.6 is 11.3 Å². The fraction of sp³-hybridized carbons (Fsp3) is 0.0833.